The van der Waals surface area contributed by atoms with Crippen LogP contribution in [0.2, 0.25) is 0 Å². The number of hydrogen-bond donors (Lipinski definition) is 4. The van der Waals surface area contributed by atoms with Gasteiger partial charge in [0, 0.05) is 0 Å². The third kappa shape index (κ3) is 51.6. The van der Waals surface area contributed by atoms with Crippen molar-refractivity contribution in [2.24, 2.45) is 0 Å². The van der Waals surface area contributed by atoms with Crippen LogP contribution in [0, 0.1) is 0 Å². The maximum absolute atomic E-state index is 9.32. The summed E-state index contributed by atoms with van der Waals surface area (Å²) in [7, 11) is -16.0. The van der Waals surface area contributed by atoms with Gasteiger partial charge in [0.1, 0.15) is 0 Å². The van der Waals surface area contributed by atoms with Gasteiger partial charge in [0.15, 0.2) is 0 Å². The molecule has 11 nitrogen and oxygen atoms in total. The Morgan fingerprint density at radius 1 is 0.867 bits per heavy atom. The van der Waals surface area contributed by atoms with Gasteiger partial charge in [-0.1, -0.05) is 0 Å². The van der Waals surface area contributed by atoms with Gasteiger partial charge in [-0.2, -0.15) is 0 Å². The molecule has 0 unspecified atom stereocenters. The fraction of sp³-hybridized carbons (Fsp3) is 0. The standard InChI is InChI=1S/H4O7P2.H4O4Si.Ti/c1-8(2,3)7-9(4,5)6;1-5(2,3)4;/h(H2,1,2,3)(H2,4,5,6);1-4H;/q;;+4/p-4. The minimum atomic E-state index is -5.68. The molecule has 0 fully saturated rings. The van der Waals surface area contributed by atoms with Gasteiger partial charge in [-0.25, -0.2) is 0 Å². The van der Waals surface area contributed by atoms with E-state index in [1.54, 1.807) is 0 Å². The van der Waals surface area contributed by atoms with Crippen LogP contribution in [-0.4, -0.2) is 28.2 Å². The zero-order valence-corrected chi connectivity index (χ0v) is 10.9. The Morgan fingerprint density at radius 2 is 1.00 bits per heavy atom. The molecule has 4 N–H and O–H groups in total. The summed E-state index contributed by atoms with van der Waals surface area (Å²) in [4.78, 5) is 66.6. The Kier molecular flexibility index (Phi) is 10.5. The maximum atomic E-state index is 9.32. The van der Waals surface area contributed by atoms with Gasteiger partial charge in [0.25, 0.3) is 0 Å². The summed E-state index contributed by atoms with van der Waals surface area (Å²) in [6.45, 7) is 0. The Labute approximate surface area is 98.8 Å². The van der Waals surface area contributed by atoms with E-state index in [9.17, 15) is 28.7 Å². The Hall–Kier alpha value is 1.03. The van der Waals surface area contributed by atoms with Gasteiger partial charge < -0.3 is 52.2 Å². The van der Waals surface area contributed by atoms with E-state index in [0.717, 1.165) is 0 Å². The number of phosphoric acid groups is 2. The van der Waals surface area contributed by atoms with Crippen LogP contribution in [0.25, 0.3) is 0 Å². The van der Waals surface area contributed by atoms with Crippen molar-refractivity contribution in [3.05, 3.63) is 0 Å². The average Bonchev–Trinajstić information content (AvgIpc) is 1.42. The summed E-state index contributed by atoms with van der Waals surface area (Å²) in [5.74, 6) is 0. The summed E-state index contributed by atoms with van der Waals surface area (Å²) < 4.78 is 21.2. The second-order valence-electron chi connectivity index (χ2n) is 1.58. The second-order valence-corrected chi connectivity index (χ2v) is 5.22. The van der Waals surface area contributed by atoms with E-state index in [1.807, 2.05) is 0 Å². The van der Waals surface area contributed by atoms with E-state index in [0.29, 0.717) is 0 Å². The second kappa shape index (κ2) is 7.38. The molecule has 0 saturated carbocycles. The van der Waals surface area contributed by atoms with Crippen LogP contribution in [0.4, 0.5) is 0 Å². The molecule has 0 aromatic rings. The molecule has 0 bridgehead atoms. The minimum absolute atomic E-state index is 0. The van der Waals surface area contributed by atoms with Crippen molar-refractivity contribution in [2.45, 2.75) is 0 Å². The van der Waals surface area contributed by atoms with Crippen molar-refractivity contribution in [3.8, 4) is 0 Å². The molecule has 0 aliphatic heterocycles. The average molecular weight is 318 g/mol. The zero-order chi connectivity index (χ0) is 12.2. The van der Waals surface area contributed by atoms with E-state index in [2.05, 4.69) is 4.31 Å². The van der Waals surface area contributed by atoms with E-state index in [4.69, 9.17) is 19.2 Å². The van der Waals surface area contributed by atoms with Crippen molar-refractivity contribution in [2.75, 3.05) is 0 Å². The molecule has 15 heteroatoms. The molecular formula is H4O11P2SiTi. The third-order valence-electron chi connectivity index (χ3n) is 0.200. The first kappa shape index (κ1) is 21.3. The first-order chi connectivity index (χ1) is 5.71. The molecule has 0 saturated heterocycles. The first-order valence-corrected chi connectivity index (χ1v) is 7.07. The van der Waals surface area contributed by atoms with Crippen molar-refractivity contribution >= 4 is 24.7 Å². The summed E-state index contributed by atoms with van der Waals surface area (Å²) in [6, 6.07) is 0. The van der Waals surface area contributed by atoms with Crippen LogP contribution >= 0.6 is 15.6 Å². The molecule has 0 aliphatic rings. The van der Waals surface area contributed by atoms with E-state index < -0.39 is 24.7 Å². The van der Waals surface area contributed by atoms with Crippen LogP contribution < -0.4 is 19.6 Å². The molecular weight excluding hydrogens is 314 g/mol. The van der Waals surface area contributed by atoms with Gasteiger partial charge in [0.2, 0.25) is 0 Å². The molecule has 0 heterocycles. The molecule has 0 aliphatic carbocycles. The summed E-state index contributed by atoms with van der Waals surface area (Å²) >= 11 is 0. The van der Waals surface area contributed by atoms with Gasteiger partial charge in [-0.15, -0.1) is 0 Å². The van der Waals surface area contributed by atoms with Crippen LogP contribution in [0.5, 0.6) is 0 Å². The largest absolute Gasteiger partial charge is 4.00 e. The fourth-order valence-electron chi connectivity index (χ4n) is 0.122. The molecule has 88 valence electrons. The predicted molar refractivity (Wildman–Crippen MR) is 30.9 cm³/mol. The molecule has 0 spiro atoms. The molecule has 0 atom stereocenters. The Balaban J connectivity index is -0.000000208. The predicted octanol–water partition coefficient (Wildman–Crippen LogP) is -5.95. The van der Waals surface area contributed by atoms with Crippen LogP contribution in [0.3, 0.4) is 0 Å². The van der Waals surface area contributed by atoms with Crippen molar-refractivity contribution in [3.63, 3.8) is 0 Å². The summed E-state index contributed by atoms with van der Waals surface area (Å²) in [5.41, 5.74) is 0. The van der Waals surface area contributed by atoms with Crippen LogP contribution in [0.15, 0.2) is 0 Å². The van der Waals surface area contributed by atoms with Gasteiger partial charge in [0.05, 0.1) is 15.6 Å². The maximum Gasteiger partial charge on any atom is 4.00 e. The monoisotopic (exact) mass is 318 g/mol. The van der Waals surface area contributed by atoms with Crippen molar-refractivity contribution in [1.29, 1.82) is 0 Å². The molecule has 0 aromatic heterocycles. The summed E-state index contributed by atoms with van der Waals surface area (Å²) in [5, 5.41) is 0. The quantitative estimate of drug-likeness (QED) is 0.277. The molecule has 0 radical (unpaired) electrons. The SMILES string of the molecule is O=P([O-])([O-])OP(=O)([O-])[O-].O[Si](O)(O)O.[Ti+4]. The van der Waals surface area contributed by atoms with Crippen LogP contribution in [0.1, 0.15) is 0 Å². The molecule has 0 rings (SSSR count). The van der Waals surface area contributed by atoms with Gasteiger partial charge in [-0.05, 0) is 0 Å². The van der Waals surface area contributed by atoms with Gasteiger partial charge in [-0.3, -0.25) is 0 Å². The number of hydrogen-bond acceptors (Lipinski definition) is 11. The fourth-order valence-corrected chi connectivity index (χ4v) is 1.10. The van der Waals surface area contributed by atoms with Crippen LogP contribution in [-0.2, 0) is 35.2 Å². The Bertz CT molecular complexity index is 216. The van der Waals surface area contributed by atoms with E-state index >= 15 is 0 Å². The van der Waals surface area contributed by atoms with Gasteiger partial charge >= 0.3 is 30.8 Å². The van der Waals surface area contributed by atoms with E-state index in [-0.39, 0.29) is 21.7 Å². The topological polar surface area (TPSA) is 217 Å². The zero-order valence-electron chi connectivity index (χ0n) is 6.54. The minimum Gasteiger partial charge on any atom is -0.790 e. The number of rotatable bonds is 2. The Morgan fingerprint density at radius 3 is 1.00 bits per heavy atom. The molecule has 0 amide bonds. The normalized spacial score (nSPS) is 12.3. The molecule has 15 heavy (non-hydrogen) atoms. The van der Waals surface area contributed by atoms with Crippen molar-refractivity contribution < 1.29 is 73.9 Å². The van der Waals surface area contributed by atoms with E-state index in [1.165, 1.54) is 0 Å². The first-order valence-electron chi connectivity index (χ1n) is 2.36. The third-order valence-corrected chi connectivity index (χ3v) is 1.80. The summed E-state index contributed by atoms with van der Waals surface area (Å²) in [6.07, 6.45) is 0. The smallest absolute Gasteiger partial charge is 0.790 e. The van der Waals surface area contributed by atoms with Crippen molar-refractivity contribution in [1.82, 2.24) is 0 Å². The molecule has 0 aromatic carbocycles.